The SMILES string of the molecule is Cc1ccc(Cl)cc1NC(=O)CCNC(=O)NC12CC3CC(CC(C3)C1)C2. The van der Waals surface area contributed by atoms with E-state index in [4.69, 9.17) is 11.6 Å². The molecule has 4 aliphatic carbocycles. The standard InChI is InChI=1S/C21H28ClN3O2/c1-13-2-3-17(22)9-18(13)24-19(26)4-5-23-20(27)25-21-10-14-6-15(11-21)8-16(7-14)12-21/h2-3,9,14-16H,4-8,10-12H2,1H3,(H,24,26)(H2,23,25,27). The van der Waals surface area contributed by atoms with Gasteiger partial charge in [0, 0.05) is 29.2 Å². The first-order valence-electron chi connectivity index (χ1n) is 10.0. The summed E-state index contributed by atoms with van der Waals surface area (Å²) in [5.41, 5.74) is 1.67. The van der Waals surface area contributed by atoms with E-state index in [1.807, 2.05) is 13.0 Å². The Morgan fingerprint density at radius 2 is 1.74 bits per heavy atom. The summed E-state index contributed by atoms with van der Waals surface area (Å²) in [5.74, 6) is 2.25. The van der Waals surface area contributed by atoms with E-state index < -0.39 is 0 Å². The topological polar surface area (TPSA) is 70.2 Å². The number of hydrogen-bond acceptors (Lipinski definition) is 2. The molecular formula is C21H28ClN3O2. The van der Waals surface area contributed by atoms with Gasteiger partial charge < -0.3 is 16.0 Å². The molecule has 0 radical (unpaired) electrons. The number of amides is 3. The highest BCUT2D eigenvalue weighted by molar-refractivity contribution is 6.31. The number of carbonyl (C=O) groups is 2. The molecule has 6 heteroatoms. The number of rotatable bonds is 5. The van der Waals surface area contributed by atoms with Crippen LogP contribution in [-0.4, -0.2) is 24.0 Å². The fourth-order valence-electron chi connectivity index (χ4n) is 5.78. The highest BCUT2D eigenvalue weighted by Gasteiger charge is 2.51. The fraction of sp³-hybridized carbons (Fsp3) is 0.619. The van der Waals surface area contributed by atoms with E-state index in [0.29, 0.717) is 17.3 Å². The van der Waals surface area contributed by atoms with Crippen molar-refractivity contribution in [2.24, 2.45) is 17.8 Å². The summed E-state index contributed by atoms with van der Waals surface area (Å²) in [6.45, 7) is 2.24. The van der Waals surface area contributed by atoms with Crippen LogP contribution in [0.15, 0.2) is 18.2 Å². The molecule has 0 saturated heterocycles. The van der Waals surface area contributed by atoms with Gasteiger partial charge in [-0.05, 0) is 80.9 Å². The molecule has 1 aromatic rings. The van der Waals surface area contributed by atoms with Gasteiger partial charge in [-0.3, -0.25) is 4.79 Å². The molecule has 146 valence electrons. The molecule has 4 saturated carbocycles. The highest BCUT2D eigenvalue weighted by Crippen LogP contribution is 2.55. The van der Waals surface area contributed by atoms with E-state index in [1.54, 1.807) is 12.1 Å². The van der Waals surface area contributed by atoms with Gasteiger partial charge in [-0.15, -0.1) is 0 Å². The van der Waals surface area contributed by atoms with E-state index in [9.17, 15) is 9.59 Å². The fourth-order valence-corrected chi connectivity index (χ4v) is 5.95. The zero-order valence-electron chi connectivity index (χ0n) is 15.8. The maximum Gasteiger partial charge on any atom is 0.315 e. The van der Waals surface area contributed by atoms with Crippen molar-refractivity contribution in [2.75, 3.05) is 11.9 Å². The summed E-state index contributed by atoms with van der Waals surface area (Å²) >= 11 is 5.98. The predicted octanol–water partition coefficient (Wildman–Crippen LogP) is 4.25. The van der Waals surface area contributed by atoms with Crippen molar-refractivity contribution < 1.29 is 9.59 Å². The summed E-state index contributed by atoms with van der Waals surface area (Å²) in [6, 6.07) is 5.27. The van der Waals surface area contributed by atoms with Gasteiger partial charge in [-0.1, -0.05) is 17.7 Å². The molecule has 0 spiro atoms. The lowest BCUT2D eigenvalue weighted by Crippen LogP contribution is -2.61. The molecule has 0 aliphatic heterocycles. The van der Waals surface area contributed by atoms with Crippen LogP contribution in [0.25, 0.3) is 0 Å². The van der Waals surface area contributed by atoms with E-state index in [-0.39, 0.29) is 23.9 Å². The number of aryl methyl sites for hydroxylation is 1. The molecule has 0 heterocycles. The van der Waals surface area contributed by atoms with Crippen molar-refractivity contribution in [3.63, 3.8) is 0 Å². The van der Waals surface area contributed by atoms with Gasteiger partial charge in [0.25, 0.3) is 0 Å². The van der Waals surface area contributed by atoms with Crippen molar-refractivity contribution in [3.8, 4) is 0 Å². The summed E-state index contributed by atoms with van der Waals surface area (Å²) in [5, 5.41) is 9.57. The van der Waals surface area contributed by atoms with Crippen LogP contribution in [0.4, 0.5) is 10.5 Å². The van der Waals surface area contributed by atoms with E-state index in [1.165, 1.54) is 19.3 Å². The second kappa shape index (κ2) is 7.34. The quantitative estimate of drug-likeness (QED) is 0.704. The normalized spacial score (nSPS) is 30.8. The van der Waals surface area contributed by atoms with Crippen molar-refractivity contribution >= 4 is 29.2 Å². The molecule has 3 amide bonds. The molecule has 0 aromatic heterocycles. The Balaban J connectivity index is 1.23. The van der Waals surface area contributed by atoms with Crippen LogP contribution < -0.4 is 16.0 Å². The number of nitrogens with one attached hydrogen (secondary N) is 3. The Morgan fingerprint density at radius 3 is 2.37 bits per heavy atom. The number of anilines is 1. The lowest BCUT2D eigenvalue weighted by molar-refractivity contribution is -0.116. The van der Waals surface area contributed by atoms with Gasteiger partial charge in [-0.2, -0.15) is 0 Å². The van der Waals surface area contributed by atoms with Crippen molar-refractivity contribution in [2.45, 2.75) is 57.4 Å². The Kier molecular flexibility index (Phi) is 5.06. The number of benzene rings is 1. The molecule has 5 rings (SSSR count). The van der Waals surface area contributed by atoms with Crippen LogP contribution in [-0.2, 0) is 4.79 Å². The first-order chi connectivity index (χ1) is 12.9. The molecule has 0 unspecified atom stereocenters. The van der Waals surface area contributed by atoms with Gasteiger partial charge >= 0.3 is 6.03 Å². The molecule has 3 N–H and O–H groups in total. The van der Waals surface area contributed by atoms with Gasteiger partial charge in [0.2, 0.25) is 5.91 Å². The van der Waals surface area contributed by atoms with Crippen LogP contribution in [0.3, 0.4) is 0 Å². The van der Waals surface area contributed by atoms with Gasteiger partial charge in [0.05, 0.1) is 0 Å². The summed E-state index contributed by atoms with van der Waals surface area (Å²) < 4.78 is 0. The highest BCUT2D eigenvalue weighted by atomic mass is 35.5. The van der Waals surface area contributed by atoms with E-state index in [0.717, 1.165) is 42.6 Å². The Labute approximate surface area is 165 Å². The predicted molar refractivity (Wildman–Crippen MR) is 107 cm³/mol. The van der Waals surface area contributed by atoms with E-state index in [2.05, 4.69) is 16.0 Å². The Hall–Kier alpha value is -1.75. The molecule has 4 bridgehead atoms. The number of urea groups is 1. The smallest absolute Gasteiger partial charge is 0.315 e. The minimum absolute atomic E-state index is 0.00100. The first-order valence-corrected chi connectivity index (χ1v) is 10.4. The van der Waals surface area contributed by atoms with Crippen LogP contribution in [0.2, 0.25) is 5.02 Å². The zero-order valence-corrected chi connectivity index (χ0v) is 16.6. The summed E-state index contributed by atoms with van der Waals surface area (Å²) in [6.07, 6.45) is 7.67. The first kappa shape index (κ1) is 18.6. The van der Waals surface area contributed by atoms with Crippen molar-refractivity contribution in [1.82, 2.24) is 10.6 Å². The van der Waals surface area contributed by atoms with Gasteiger partial charge in [0.15, 0.2) is 0 Å². The largest absolute Gasteiger partial charge is 0.338 e. The Morgan fingerprint density at radius 1 is 1.11 bits per heavy atom. The minimum atomic E-state index is -0.135. The third-order valence-corrected chi connectivity index (χ3v) is 6.76. The third kappa shape index (κ3) is 4.23. The molecule has 5 nitrogen and oxygen atoms in total. The maximum atomic E-state index is 12.4. The molecule has 0 atom stereocenters. The average molecular weight is 390 g/mol. The van der Waals surface area contributed by atoms with Gasteiger partial charge in [-0.25, -0.2) is 4.79 Å². The van der Waals surface area contributed by atoms with Crippen LogP contribution in [0, 0.1) is 24.7 Å². The monoisotopic (exact) mass is 389 g/mol. The molecule has 1 aromatic carbocycles. The number of halogens is 1. The summed E-state index contributed by atoms with van der Waals surface area (Å²) in [7, 11) is 0. The van der Waals surface area contributed by atoms with Crippen LogP contribution in [0.1, 0.15) is 50.5 Å². The third-order valence-electron chi connectivity index (χ3n) is 6.53. The molecule has 4 aliphatic rings. The lowest BCUT2D eigenvalue weighted by Gasteiger charge is -2.56. The lowest BCUT2D eigenvalue weighted by atomic mass is 9.53. The molecule has 4 fully saturated rings. The molecule has 27 heavy (non-hydrogen) atoms. The number of hydrogen-bond donors (Lipinski definition) is 3. The minimum Gasteiger partial charge on any atom is -0.338 e. The van der Waals surface area contributed by atoms with Crippen molar-refractivity contribution in [3.05, 3.63) is 28.8 Å². The van der Waals surface area contributed by atoms with Crippen LogP contribution in [0.5, 0.6) is 0 Å². The Bertz CT molecular complexity index is 714. The average Bonchev–Trinajstić information content (AvgIpc) is 2.56. The van der Waals surface area contributed by atoms with Crippen LogP contribution >= 0.6 is 11.6 Å². The summed E-state index contributed by atoms with van der Waals surface area (Å²) in [4.78, 5) is 24.5. The second-order valence-electron chi connectivity index (χ2n) is 8.84. The maximum absolute atomic E-state index is 12.4. The zero-order chi connectivity index (χ0) is 19.0. The molecular weight excluding hydrogens is 362 g/mol. The number of carbonyl (C=O) groups excluding carboxylic acids is 2. The van der Waals surface area contributed by atoms with Crippen molar-refractivity contribution in [1.29, 1.82) is 0 Å². The van der Waals surface area contributed by atoms with E-state index >= 15 is 0 Å². The second-order valence-corrected chi connectivity index (χ2v) is 9.27. The van der Waals surface area contributed by atoms with Gasteiger partial charge in [0.1, 0.15) is 0 Å².